The summed E-state index contributed by atoms with van der Waals surface area (Å²) in [6.45, 7) is 2.30. The molecule has 0 bridgehead atoms. The summed E-state index contributed by atoms with van der Waals surface area (Å²) in [6.07, 6.45) is 7.19. The zero-order valence-corrected chi connectivity index (χ0v) is 15.3. The lowest BCUT2D eigenvalue weighted by atomic mass is 10.2. The van der Waals surface area contributed by atoms with Crippen molar-refractivity contribution in [2.75, 3.05) is 6.26 Å². The van der Waals surface area contributed by atoms with Crippen LogP contribution in [0.5, 0.6) is 0 Å². The Morgan fingerprint density at radius 3 is 2.76 bits per heavy atom. The molecule has 25 heavy (non-hydrogen) atoms. The highest BCUT2D eigenvalue weighted by molar-refractivity contribution is 7.98. The number of thioether (sulfide) groups is 1. The van der Waals surface area contributed by atoms with Crippen LogP contribution in [-0.4, -0.2) is 31.7 Å². The average molecular weight is 374 g/mol. The molecule has 0 aliphatic carbocycles. The van der Waals surface area contributed by atoms with E-state index in [1.54, 1.807) is 24.5 Å². The van der Waals surface area contributed by atoms with Crippen molar-refractivity contribution in [1.82, 2.24) is 24.8 Å². The quantitative estimate of drug-likeness (QED) is 0.549. The molecule has 0 unspecified atom stereocenters. The second-order valence-corrected chi connectivity index (χ2v) is 6.42. The number of nitrogens with zero attached hydrogens (tertiary/aromatic N) is 4. The summed E-state index contributed by atoms with van der Waals surface area (Å²) in [5.74, 6) is 1.47. The molecular weight excluding hydrogens is 358 g/mol. The predicted octanol–water partition coefficient (Wildman–Crippen LogP) is 3.28. The van der Waals surface area contributed by atoms with Crippen LogP contribution in [0.15, 0.2) is 47.9 Å². The Labute approximate surface area is 154 Å². The number of carbonyl (C=O) groups excluding carboxylic acids is 1. The Morgan fingerprint density at radius 1 is 1.28 bits per heavy atom. The van der Waals surface area contributed by atoms with Crippen molar-refractivity contribution in [3.63, 3.8) is 0 Å². The molecule has 3 aromatic heterocycles. The summed E-state index contributed by atoms with van der Waals surface area (Å²) < 4.78 is 1.90. The molecule has 0 spiro atoms. The van der Waals surface area contributed by atoms with Crippen LogP contribution in [0.25, 0.3) is 5.82 Å². The lowest BCUT2D eigenvalue weighted by Crippen LogP contribution is -2.23. The normalized spacial score (nSPS) is 10.7. The molecule has 0 saturated heterocycles. The molecule has 0 aliphatic heterocycles. The van der Waals surface area contributed by atoms with E-state index in [4.69, 9.17) is 11.6 Å². The standard InChI is InChI=1S/C17H16ClN5OS/c1-11-19-7-8-23(11)15-6-3-12(9-20-15)10-21-16(24)13-4-5-14(18)22-17(13)25-2/h3-9H,10H2,1-2H3,(H,21,24). The van der Waals surface area contributed by atoms with Crippen molar-refractivity contribution in [1.29, 1.82) is 0 Å². The van der Waals surface area contributed by atoms with Crippen molar-refractivity contribution in [3.8, 4) is 5.82 Å². The third kappa shape index (κ3) is 4.00. The van der Waals surface area contributed by atoms with Crippen molar-refractivity contribution < 1.29 is 4.79 Å². The van der Waals surface area contributed by atoms with Crippen LogP contribution in [0, 0.1) is 6.92 Å². The van der Waals surface area contributed by atoms with Crippen LogP contribution in [-0.2, 0) is 6.54 Å². The molecule has 3 heterocycles. The Kier molecular flexibility index (Phi) is 5.35. The molecule has 128 valence electrons. The Bertz CT molecular complexity index is 894. The summed E-state index contributed by atoms with van der Waals surface area (Å²) in [6, 6.07) is 7.12. The van der Waals surface area contributed by atoms with Crippen LogP contribution in [0.2, 0.25) is 5.15 Å². The SMILES string of the molecule is CSc1nc(Cl)ccc1C(=O)NCc1ccc(-n2ccnc2C)nc1. The van der Waals surface area contributed by atoms with Crippen molar-refractivity contribution in [2.24, 2.45) is 0 Å². The first-order valence-corrected chi connectivity index (χ1v) is 9.12. The molecule has 1 amide bonds. The number of hydrogen-bond acceptors (Lipinski definition) is 5. The van der Waals surface area contributed by atoms with E-state index in [0.717, 1.165) is 17.2 Å². The van der Waals surface area contributed by atoms with E-state index in [2.05, 4.69) is 20.3 Å². The third-order valence-electron chi connectivity index (χ3n) is 3.60. The summed E-state index contributed by atoms with van der Waals surface area (Å²) in [5.41, 5.74) is 1.41. The second-order valence-electron chi connectivity index (χ2n) is 5.24. The van der Waals surface area contributed by atoms with Gasteiger partial charge in [0.25, 0.3) is 5.91 Å². The maximum atomic E-state index is 12.4. The van der Waals surface area contributed by atoms with Gasteiger partial charge in [-0.1, -0.05) is 17.7 Å². The first-order valence-electron chi connectivity index (χ1n) is 7.52. The smallest absolute Gasteiger partial charge is 0.254 e. The highest BCUT2D eigenvalue weighted by atomic mass is 35.5. The second kappa shape index (κ2) is 7.67. The van der Waals surface area contributed by atoms with Gasteiger partial charge >= 0.3 is 0 Å². The number of rotatable bonds is 5. The molecule has 0 atom stereocenters. The van der Waals surface area contributed by atoms with Crippen LogP contribution >= 0.6 is 23.4 Å². The fourth-order valence-electron chi connectivity index (χ4n) is 2.31. The third-order valence-corrected chi connectivity index (χ3v) is 4.51. The first-order chi connectivity index (χ1) is 12.1. The molecule has 6 nitrogen and oxygen atoms in total. The van der Waals surface area contributed by atoms with Gasteiger partial charge in [-0.3, -0.25) is 9.36 Å². The van der Waals surface area contributed by atoms with E-state index < -0.39 is 0 Å². The van der Waals surface area contributed by atoms with Gasteiger partial charge in [-0.05, 0) is 36.9 Å². The summed E-state index contributed by atoms with van der Waals surface area (Å²) in [4.78, 5) is 25.1. The van der Waals surface area contributed by atoms with E-state index in [0.29, 0.717) is 22.3 Å². The molecule has 8 heteroatoms. The largest absolute Gasteiger partial charge is 0.348 e. The topological polar surface area (TPSA) is 72.7 Å². The first kappa shape index (κ1) is 17.4. The van der Waals surface area contributed by atoms with E-state index in [1.807, 2.05) is 36.1 Å². The summed E-state index contributed by atoms with van der Waals surface area (Å²) >= 11 is 7.25. The number of nitrogens with one attached hydrogen (secondary N) is 1. The number of halogens is 1. The molecule has 0 aliphatic rings. The molecular formula is C17H16ClN5OS. The van der Waals surface area contributed by atoms with Gasteiger partial charge in [0, 0.05) is 25.1 Å². The van der Waals surface area contributed by atoms with E-state index in [-0.39, 0.29) is 5.91 Å². The van der Waals surface area contributed by atoms with Gasteiger partial charge < -0.3 is 5.32 Å². The fraction of sp³-hybridized carbons (Fsp3) is 0.176. The minimum absolute atomic E-state index is 0.192. The van der Waals surface area contributed by atoms with Crippen LogP contribution < -0.4 is 5.32 Å². The molecule has 0 radical (unpaired) electrons. The van der Waals surface area contributed by atoms with Gasteiger partial charge in [0.15, 0.2) is 0 Å². The van der Waals surface area contributed by atoms with Crippen LogP contribution in [0.4, 0.5) is 0 Å². The van der Waals surface area contributed by atoms with Gasteiger partial charge in [-0.25, -0.2) is 15.0 Å². The van der Waals surface area contributed by atoms with Crippen LogP contribution in [0.3, 0.4) is 0 Å². The Balaban J connectivity index is 1.68. The van der Waals surface area contributed by atoms with E-state index in [1.165, 1.54) is 11.8 Å². The number of imidazole rings is 1. The molecule has 0 fully saturated rings. The number of hydrogen-bond donors (Lipinski definition) is 1. The highest BCUT2D eigenvalue weighted by Crippen LogP contribution is 2.20. The number of pyridine rings is 2. The number of carbonyl (C=O) groups is 1. The summed E-state index contributed by atoms with van der Waals surface area (Å²) in [5, 5.41) is 3.86. The maximum absolute atomic E-state index is 12.4. The molecule has 1 N–H and O–H groups in total. The molecule has 0 saturated carbocycles. The Morgan fingerprint density at radius 2 is 2.12 bits per heavy atom. The van der Waals surface area contributed by atoms with E-state index >= 15 is 0 Å². The number of amides is 1. The van der Waals surface area contributed by atoms with Crippen molar-refractivity contribution >= 4 is 29.3 Å². The molecule has 3 rings (SSSR count). The van der Waals surface area contributed by atoms with Gasteiger partial charge in [0.2, 0.25) is 0 Å². The highest BCUT2D eigenvalue weighted by Gasteiger charge is 2.12. The minimum Gasteiger partial charge on any atom is -0.348 e. The minimum atomic E-state index is -0.192. The maximum Gasteiger partial charge on any atom is 0.254 e. The zero-order chi connectivity index (χ0) is 17.8. The zero-order valence-electron chi connectivity index (χ0n) is 13.7. The lowest BCUT2D eigenvalue weighted by Gasteiger charge is -2.09. The summed E-state index contributed by atoms with van der Waals surface area (Å²) in [7, 11) is 0. The molecule has 3 aromatic rings. The van der Waals surface area contributed by atoms with Crippen molar-refractivity contribution in [2.45, 2.75) is 18.5 Å². The van der Waals surface area contributed by atoms with Crippen molar-refractivity contribution in [3.05, 3.63) is 65.0 Å². The van der Waals surface area contributed by atoms with Gasteiger partial charge in [0.1, 0.15) is 21.8 Å². The predicted molar refractivity (Wildman–Crippen MR) is 98.3 cm³/mol. The van der Waals surface area contributed by atoms with Gasteiger partial charge in [0.05, 0.1) is 5.56 Å². The number of aryl methyl sites for hydroxylation is 1. The Hall–Kier alpha value is -2.38. The van der Waals surface area contributed by atoms with Gasteiger partial charge in [-0.2, -0.15) is 0 Å². The lowest BCUT2D eigenvalue weighted by molar-refractivity contribution is 0.0947. The van der Waals surface area contributed by atoms with Gasteiger partial charge in [-0.15, -0.1) is 11.8 Å². The van der Waals surface area contributed by atoms with Crippen LogP contribution in [0.1, 0.15) is 21.7 Å². The monoisotopic (exact) mass is 373 g/mol. The number of aromatic nitrogens is 4. The molecule has 0 aromatic carbocycles. The average Bonchev–Trinajstić information content (AvgIpc) is 3.06. The fourth-order valence-corrected chi connectivity index (χ4v) is 3.08. The van der Waals surface area contributed by atoms with E-state index in [9.17, 15) is 4.79 Å².